The molecule has 19 atom stereocenters. The van der Waals surface area contributed by atoms with Crippen molar-refractivity contribution in [2.75, 3.05) is 19.8 Å². The Hall–Kier alpha value is -7.39. The van der Waals surface area contributed by atoms with Gasteiger partial charge in [-0.05, 0) is 6.92 Å². The highest BCUT2D eigenvalue weighted by atomic mass is 16.8. The number of carbonyl (C=O) groups is 13. The van der Waals surface area contributed by atoms with Crippen LogP contribution in [-0.4, -0.2) is 214 Å². The van der Waals surface area contributed by atoms with Gasteiger partial charge in [-0.25, -0.2) is 0 Å². The fourth-order valence-corrected chi connectivity index (χ4v) is 9.36. The molecule has 1 N–H and O–H groups in total. The van der Waals surface area contributed by atoms with Crippen molar-refractivity contribution in [2.45, 2.75) is 213 Å². The van der Waals surface area contributed by atoms with Crippen molar-refractivity contribution in [1.29, 1.82) is 0 Å². The first-order valence-corrected chi connectivity index (χ1v) is 25.6. The standard InChI is InChI=1S/C51H69NO31/c1-19-37(52-34-15-33(16-66-20(2)53)38(70-23(5)56)43(73-26(8)59)39(34)71-24(6)57)42(72-25(7)58)46(76-29(11)62)49(69-19)82-40-36(18-68-22(4)55)81-51(48(78-31(13)64)45(40)75-28(10)61)83-41-35(17-67-21(3)54)80-50(79-32(14)65)47(77-30(12)63)44(41)74-27(9)60/h15,19,34-52H,16-18H2,1-14H3/t19-,34+,35-,36-,37-,38-,39+,40-,41-,42+,43+,44+,45+,46-,47-,48-,49-,50-,51-/m1/s1. The molecule has 3 fully saturated rings. The summed E-state index contributed by atoms with van der Waals surface area (Å²) >= 11 is 0. The second kappa shape index (κ2) is 30.8. The van der Waals surface area contributed by atoms with Gasteiger partial charge in [-0.1, -0.05) is 6.08 Å². The molecule has 464 valence electrons. The van der Waals surface area contributed by atoms with Gasteiger partial charge in [0.1, 0.15) is 44.2 Å². The average Bonchev–Trinajstić information content (AvgIpc) is 3.47. The van der Waals surface area contributed by atoms with Gasteiger partial charge in [0.05, 0.1) is 18.2 Å². The van der Waals surface area contributed by atoms with Crippen LogP contribution in [0.4, 0.5) is 0 Å². The highest BCUT2D eigenvalue weighted by molar-refractivity contribution is 5.71. The van der Waals surface area contributed by atoms with E-state index in [1.54, 1.807) is 0 Å². The van der Waals surface area contributed by atoms with Gasteiger partial charge in [-0.15, -0.1) is 0 Å². The molecule has 0 radical (unpaired) electrons. The molecule has 0 aromatic rings. The van der Waals surface area contributed by atoms with Gasteiger partial charge in [0, 0.05) is 95.6 Å². The zero-order valence-electron chi connectivity index (χ0n) is 47.8. The third-order valence-electron chi connectivity index (χ3n) is 12.0. The topological polar surface area (TPSA) is 400 Å². The van der Waals surface area contributed by atoms with Crippen molar-refractivity contribution in [3.63, 3.8) is 0 Å². The molecule has 0 saturated carbocycles. The summed E-state index contributed by atoms with van der Waals surface area (Å²) in [4.78, 5) is 165. The number of esters is 13. The molecule has 3 saturated heterocycles. The van der Waals surface area contributed by atoms with E-state index < -0.39 is 214 Å². The lowest BCUT2D eigenvalue weighted by Crippen LogP contribution is -2.70. The molecular weight excluding hydrogens is 1120 g/mol. The molecule has 0 aromatic carbocycles. The zero-order valence-corrected chi connectivity index (χ0v) is 47.8. The number of hydrogen-bond acceptors (Lipinski definition) is 32. The van der Waals surface area contributed by atoms with Crippen molar-refractivity contribution in [3.8, 4) is 0 Å². The molecule has 83 heavy (non-hydrogen) atoms. The van der Waals surface area contributed by atoms with Crippen molar-refractivity contribution in [3.05, 3.63) is 11.6 Å². The molecule has 0 spiro atoms. The maximum atomic E-state index is 13.2. The van der Waals surface area contributed by atoms with Crippen LogP contribution in [0.2, 0.25) is 0 Å². The zero-order chi connectivity index (χ0) is 62.3. The van der Waals surface area contributed by atoms with E-state index in [2.05, 4.69) is 5.32 Å². The minimum absolute atomic E-state index is 0.0131. The maximum absolute atomic E-state index is 13.2. The molecule has 0 unspecified atom stereocenters. The molecule has 3 heterocycles. The van der Waals surface area contributed by atoms with Crippen molar-refractivity contribution in [2.24, 2.45) is 0 Å². The number of carbonyl (C=O) groups excluding carboxylic acids is 13. The summed E-state index contributed by atoms with van der Waals surface area (Å²) in [5.74, 6) is -12.6. The quantitative estimate of drug-likeness (QED) is 0.0760. The first-order chi connectivity index (χ1) is 38.8. The van der Waals surface area contributed by atoms with Crippen LogP contribution < -0.4 is 5.32 Å². The number of hydrogen-bond donors (Lipinski definition) is 1. The summed E-state index contributed by atoms with van der Waals surface area (Å²) in [7, 11) is 0. The average molecular weight is 1190 g/mol. The molecule has 0 amide bonds. The van der Waals surface area contributed by atoms with Crippen molar-refractivity contribution in [1.82, 2.24) is 5.32 Å². The number of rotatable bonds is 22. The van der Waals surface area contributed by atoms with Gasteiger partial charge >= 0.3 is 77.6 Å². The first kappa shape index (κ1) is 68.1. The van der Waals surface area contributed by atoms with Crippen LogP contribution in [-0.2, 0) is 148 Å². The monoisotopic (exact) mass is 1190 g/mol. The van der Waals surface area contributed by atoms with E-state index in [4.69, 9.17) is 85.3 Å². The van der Waals surface area contributed by atoms with Gasteiger partial charge in [-0.3, -0.25) is 67.6 Å². The summed E-state index contributed by atoms with van der Waals surface area (Å²) in [5, 5.41) is 3.13. The fourth-order valence-electron chi connectivity index (χ4n) is 9.36. The van der Waals surface area contributed by atoms with Crippen LogP contribution in [0.5, 0.6) is 0 Å². The van der Waals surface area contributed by atoms with E-state index in [0.29, 0.717) is 0 Å². The highest BCUT2D eigenvalue weighted by Crippen LogP contribution is 2.39. The third-order valence-corrected chi connectivity index (χ3v) is 12.0. The molecule has 3 aliphatic heterocycles. The van der Waals surface area contributed by atoms with Crippen LogP contribution in [0, 0.1) is 0 Å². The van der Waals surface area contributed by atoms with Crippen molar-refractivity contribution >= 4 is 77.6 Å². The first-order valence-electron chi connectivity index (χ1n) is 25.6. The van der Waals surface area contributed by atoms with Gasteiger partial charge < -0.3 is 85.3 Å². The lowest BCUT2D eigenvalue weighted by Gasteiger charge is -2.51. The smallest absolute Gasteiger partial charge is 0.305 e. The second-order valence-corrected chi connectivity index (χ2v) is 19.1. The minimum atomic E-state index is -2.09. The van der Waals surface area contributed by atoms with E-state index in [9.17, 15) is 62.3 Å². The molecular formula is C51H69NO31. The Labute approximate surface area is 474 Å². The van der Waals surface area contributed by atoms with Gasteiger partial charge in [0.25, 0.3) is 0 Å². The Morgan fingerprint density at radius 2 is 0.699 bits per heavy atom. The van der Waals surface area contributed by atoms with E-state index in [1.165, 1.54) is 13.0 Å². The number of nitrogens with one attached hydrogen (secondary N) is 1. The van der Waals surface area contributed by atoms with Crippen LogP contribution in [0.25, 0.3) is 0 Å². The van der Waals surface area contributed by atoms with Crippen LogP contribution in [0.1, 0.15) is 96.9 Å². The van der Waals surface area contributed by atoms with E-state index >= 15 is 0 Å². The molecule has 0 bridgehead atoms. The van der Waals surface area contributed by atoms with Crippen LogP contribution in [0.15, 0.2) is 11.6 Å². The lowest BCUT2D eigenvalue weighted by molar-refractivity contribution is -0.375. The Bertz CT molecular complexity index is 2460. The lowest BCUT2D eigenvalue weighted by atomic mass is 9.85. The summed E-state index contributed by atoms with van der Waals surface area (Å²) < 4.78 is 104. The molecule has 32 heteroatoms. The van der Waals surface area contributed by atoms with E-state index in [-0.39, 0.29) is 5.57 Å². The predicted molar refractivity (Wildman–Crippen MR) is 262 cm³/mol. The summed E-state index contributed by atoms with van der Waals surface area (Å²) in [6.07, 6.45) is -29.1. The van der Waals surface area contributed by atoms with Gasteiger partial charge in [0.15, 0.2) is 61.4 Å². The highest BCUT2D eigenvalue weighted by Gasteiger charge is 2.60. The normalized spacial score (nSPS) is 32.0. The molecule has 4 rings (SSSR count). The molecule has 32 nitrogen and oxygen atoms in total. The van der Waals surface area contributed by atoms with E-state index in [0.717, 1.165) is 90.0 Å². The van der Waals surface area contributed by atoms with Gasteiger partial charge in [-0.2, -0.15) is 0 Å². The second-order valence-electron chi connectivity index (χ2n) is 19.1. The Kier molecular flexibility index (Phi) is 25.3. The van der Waals surface area contributed by atoms with Crippen LogP contribution in [0.3, 0.4) is 0 Å². The Morgan fingerprint density at radius 3 is 1.11 bits per heavy atom. The Morgan fingerprint density at radius 1 is 0.361 bits per heavy atom. The molecule has 1 aliphatic carbocycles. The third kappa shape index (κ3) is 20.2. The Balaban J connectivity index is 1.93. The van der Waals surface area contributed by atoms with Crippen molar-refractivity contribution < 1.29 is 148 Å². The maximum Gasteiger partial charge on any atom is 0.305 e. The largest absolute Gasteiger partial charge is 0.463 e. The van der Waals surface area contributed by atoms with E-state index in [1.807, 2.05) is 0 Å². The summed E-state index contributed by atoms with van der Waals surface area (Å²) in [5.41, 5.74) is 0.0131. The molecule has 4 aliphatic rings. The summed E-state index contributed by atoms with van der Waals surface area (Å²) in [6, 6.07) is -2.75. The number of ether oxygens (including phenoxy) is 18. The predicted octanol–water partition coefficient (Wildman–Crippen LogP) is -1.14. The van der Waals surface area contributed by atoms with Gasteiger partial charge in [0.2, 0.25) is 12.4 Å². The SMILES string of the molecule is CC(=O)OCC1=C[C@H](N[C@H]2[C@H](OC(C)=O)[C@@H](OC(C)=O)[C@@H](O[C@H]3[C@H](OC(C)=O)[C@@H](OC(C)=O)[C@@H](O[C@H]4[C@H](OC(C)=O)[C@@H](OC(C)=O)[C@H](OC(C)=O)O[C@@H]4COC(C)=O)O[C@@H]3COC(C)=O)O[C@@H]2C)[C@H](OC(C)=O)[C@@H](OC(C)=O)[C@@H]1OC(C)=O. The summed E-state index contributed by atoms with van der Waals surface area (Å²) in [6.45, 7) is 12.2. The van der Waals surface area contributed by atoms with Crippen LogP contribution >= 0.6 is 0 Å². The molecule has 0 aromatic heterocycles. The fraction of sp³-hybridized carbons (Fsp3) is 0.706. The minimum Gasteiger partial charge on any atom is -0.463 e.